The zero-order chi connectivity index (χ0) is 19.3. The lowest BCUT2D eigenvalue weighted by Gasteiger charge is -2.29. The zero-order valence-electron chi connectivity index (χ0n) is 16.6. The fraction of sp³-hybridized carbons (Fsp3) is 0.375. The second kappa shape index (κ2) is 6.78. The molecule has 4 nitrogen and oxygen atoms in total. The van der Waals surface area contributed by atoms with Crippen molar-refractivity contribution in [1.29, 1.82) is 0 Å². The van der Waals surface area contributed by atoms with Crippen LogP contribution in [-0.4, -0.2) is 39.9 Å². The normalized spacial score (nSPS) is 24.8. The van der Waals surface area contributed by atoms with Gasteiger partial charge < -0.3 is 9.47 Å². The molecule has 0 aliphatic carbocycles. The van der Waals surface area contributed by atoms with Crippen LogP contribution in [0.4, 0.5) is 0 Å². The molecule has 4 heteroatoms. The molecule has 0 unspecified atom stereocenters. The Labute approximate surface area is 166 Å². The van der Waals surface area contributed by atoms with Gasteiger partial charge in [0.25, 0.3) is 0 Å². The monoisotopic (exact) mass is 373 g/mol. The van der Waals surface area contributed by atoms with Crippen LogP contribution in [0, 0.1) is 11.8 Å². The van der Waals surface area contributed by atoms with Crippen LogP contribution >= 0.6 is 0 Å². The first-order valence-electron chi connectivity index (χ1n) is 10.2. The minimum Gasteiger partial charge on any atom is -0.351 e. The third kappa shape index (κ3) is 2.92. The van der Waals surface area contributed by atoms with E-state index in [0.717, 1.165) is 26.2 Å². The third-order valence-corrected chi connectivity index (χ3v) is 6.64. The van der Waals surface area contributed by atoms with Crippen molar-refractivity contribution in [1.82, 2.24) is 14.4 Å². The Morgan fingerprint density at radius 3 is 2.64 bits per heavy atom. The number of hydrogen-bond donors (Lipinski definition) is 0. The molecule has 0 saturated carbocycles. The first kappa shape index (κ1) is 17.5. The number of carbonyl (C=O) groups is 1. The van der Waals surface area contributed by atoms with Crippen molar-refractivity contribution in [3.8, 4) is 0 Å². The highest BCUT2D eigenvalue weighted by molar-refractivity contribution is 5.80. The molecule has 2 saturated heterocycles. The van der Waals surface area contributed by atoms with Crippen molar-refractivity contribution in [3.05, 3.63) is 71.9 Å². The lowest BCUT2D eigenvalue weighted by Crippen LogP contribution is -2.34. The van der Waals surface area contributed by atoms with Crippen molar-refractivity contribution in [2.24, 2.45) is 18.9 Å². The summed E-state index contributed by atoms with van der Waals surface area (Å²) in [6.07, 6.45) is 2.12. The molecule has 28 heavy (non-hydrogen) atoms. The molecule has 3 aromatic rings. The maximum Gasteiger partial charge on any atom is 0.219 e. The summed E-state index contributed by atoms with van der Waals surface area (Å²) in [6, 6.07) is 19.8. The van der Waals surface area contributed by atoms with E-state index >= 15 is 0 Å². The van der Waals surface area contributed by atoms with Crippen LogP contribution in [0.5, 0.6) is 0 Å². The molecule has 2 aliphatic heterocycles. The van der Waals surface area contributed by atoms with Gasteiger partial charge in [0.05, 0.1) is 6.04 Å². The highest BCUT2D eigenvalue weighted by Gasteiger charge is 2.48. The Bertz CT molecular complexity index is 1010. The van der Waals surface area contributed by atoms with Crippen LogP contribution in [0.2, 0.25) is 0 Å². The number of carbonyl (C=O) groups excluding carboxylic acids is 1. The minimum absolute atomic E-state index is 0.198. The van der Waals surface area contributed by atoms with E-state index in [-0.39, 0.29) is 11.9 Å². The fourth-order valence-electron chi connectivity index (χ4n) is 5.33. The van der Waals surface area contributed by atoms with Crippen LogP contribution in [0.15, 0.2) is 60.8 Å². The van der Waals surface area contributed by atoms with Gasteiger partial charge in [0.2, 0.25) is 5.91 Å². The van der Waals surface area contributed by atoms with Crippen molar-refractivity contribution < 1.29 is 4.79 Å². The number of aromatic nitrogens is 1. The lowest BCUT2D eigenvalue weighted by atomic mass is 9.89. The molecule has 144 valence electrons. The van der Waals surface area contributed by atoms with Crippen molar-refractivity contribution in [3.63, 3.8) is 0 Å². The first-order chi connectivity index (χ1) is 13.6. The summed E-state index contributed by atoms with van der Waals surface area (Å²) in [5.74, 6) is 1.28. The summed E-state index contributed by atoms with van der Waals surface area (Å²) >= 11 is 0. The van der Waals surface area contributed by atoms with Gasteiger partial charge in [-0.15, -0.1) is 0 Å². The Morgan fingerprint density at radius 1 is 1.04 bits per heavy atom. The summed E-state index contributed by atoms with van der Waals surface area (Å²) in [6.45, 7) is 5.70. The number of amides is 1. The van der Waals surface area contributed by atoms with E-state index in [9.17, 15) is 4.79 Å². The maximum absolute atomic E-state index is 12.3. The second-order valence-electron chi connectivity index (χ2n) is 8.46. The van der Waals surface area contributed by atoms with Crippen molar-refractivity contribution in [2.75, 3.05) is 19.6 Å². The van der Waals surface area contributed by atoms with E-state index < -0.39 is 0 Å². The quantitative estimate of drug-likeness (QED) is 0.698. The SMILES string of the molecule is CC(=O)N1C[C@H]2CN(Cc3ccc4ccn(C)c4c3)C[C@H]2[C@@H]1c1ccccc1. The zero-order valence-corrected chi connectivity index (χ0v) is 16.6. The molecule has 5 rings (SSSR count). The molecule has 2 fully saturated rings. The molecule has 1 amide bonds. The average Bonchev–Trinajstić information content (AvgIpc) is 3.35. The van der Waals surface area contributed by atoms with Gasteiger partial charge in [-0.1, -0.05) is 42.5 Å². The number of rotatable bonds is 3. The Morgan fingerprint density at radius 2 is 1.86 bits per heavy atom. The number of fused-ring (bicyclic) bond motifs is 2. The minimum atomic E-state index is 0.198. The predicted octanol–water partition coefficient (Wildman–Crippen LogP) is 3.83. The fourth-order valence-corrected chi connectivity index (χ4v) is 5.33. The third-order valence-electron chi connectivity index (χ3n) is 6.64. The van der Waals surface area contributed by atoms with Crippen LogP contribution < -0.4 is 0 Å². The Hall–Kier alpha value is -2.59. The predicted molar refractivity (Wildman–Crippen MR) is 112 cm³/mol. The topological polar surface area (TPSA) is 28.5 Å². The van der Waals surface area contributed by atoms with Crippen molar-refractivity contribution in [2.45, 2.75) is 19.5 Å². The van der Waals surface area contributed by atoms with Gasteiger partial charge in [-0.05, 0) is 34.6 Å². The first-order valence-corrected chi connectivity index (χ1v) is 10.2. The van der Waals surface area contributed by atoms with Gasteiger partial charge >= 0.3 is 0 Å². The molecular formula is C24H27N3O. The van der Waals surface area contributed by atoms with Gasteiger partial charge in [-0.3, -0.25) is 9.69 Å². The summed E-state index contributed by atoms with van der Waals surface area (Å²) < 4.78 is 2.19. The van der Waals surface area contributed by atoms with Crippen LogP contribution in [0.25, 0.3) is 10.9 Å². The average molecular weight is 374 g/mol. The van der Waals surface area contributed by atoms with Gasteiger partial charge in [0.15, 0.2) is 0 Å². The standard InChI is InChI=1S/C24H27N3O/c1-17(28)27-15-21-14-26(16-22(21)24(27)20-6-4-3-5-7-20)13-18-8-9-19-10-11-25(2)23(19)12-18/h3-12,21-22,24H,13-16H2,1-2H3/t21-,22-,24+/m1/s1. The number of benzene rings is 2. The van der Waals surface area contributed by atoms with E-state index in [1.807, 2.05) is 0 Å². The molecule has 2 aromatic carbocycles. The molecule has 0 radical (unpaired) electrons. The van der Waals surface area contributed by atoms with Gasteiger partial charge in [0, 0.05) is 57.8 Å². The van der Waals surface area contributed by atoms with E-state index in [4.69, 9.17) is 0 Å². The van der Waals surface area contributed by atoms with Crippen LogP contribution in [-0.2, 0) is 18.4 Å². The molecular weight excluding hydrogens is 346 g/mol. The lowest BCUT2D eigenvalue weighted by molar-refractivity contribution is -0.130. The summed E-state index contributed by atoms with van der Waals surface area (Å²) in [5, 5.41) is 1.30. The molecule has 3 heterocycles. The molecule has 0 bridgehead atoms. The number of nitrogens with zero attached hydrogens (tertiary/aromatic N) is 3. The number of aryl methyl sites for hydroxylation is 1. The maximum atomic E-state index is 12.3. The van der Waals surface area contributed by atoms with E-state index in [0.29, 0.717) is 11.8 Å². The highest BCUT2D eigenvalue weighted by atomic mass is 16.2. The second-order valence-corrected chi connectivity index (χ2v) is 8.46. The summed E-state index contributed by atoms with van der Waals surface area (Å²) in [7, 11) is 2.10. The molecule has 0 spiro atoms. The molecule has 1 aromatic heterocycles. The van der Waals surface area contributed by atoms with E-state index in [2.05, 4.69) is 82.2 Å². The highest BCUT2D eigenvalue weighted by Crippen LogP contribution is 2.45. The number of hydrogen-bond acceptors (Lipinski definition) is 2. The van der Waals surface area contributed by atoms with E-state index in [1.165, 1.54) is 22.0 Å². The van der Waals surface area contributed by atoms with Gasteiger partial charge in [0.1, 0.15) is 0 Å². The molecule has 3 atom stereocenters. The van der Waals surface area contributed by atoms with Gasteiger partial charge in [-0.25, -0.2) is 0 Å². The van der Waals surface area contributed by atoms with Crippen LogP contribution in [0.3, 0.4) is 0 Å². The summed E-state index contributed by atoms with van der Waals surface area (Å²) in [4.78, 5) is 16.9. The largest absolute Gasteiger partial charge is 0.351 e. The molecule has 0 N–H and O–H groups in total. The Kier molecular flexibility index (Phi) is 4.24. The summed E-state index contributed by atoms with van der Waals surface area (Å²) in [5.41, 5.74) is 3.94. The van der Waals surface area contributed by atoms with E-state index in [1.54, 1.807) is 6.92 Å². The van der Waals surface area contributed by atoms with Gasteiger partial charge in [-0.2, -0.15) is 0 Å². The number of likely N-dealkylation sites (tertiary alicyclic amines) is 2. The van der Waals surface area contributed by atoms with Crippen LogP contribution in [0.1, 0.15) is 24.1 Å². The smallest absolute Gasteiger partial charge is 0.219 e. The Balaban J connectivity index is 1.37. The van der Waals surface area contributed by atoms with Crippen molar-refractivity contribution >= 4 is 16.8 Å². The molecule has 2 aliphatic rings.